The van der Waals surface area contributed by atoms with Crippen molar-refractivity contribution in [1.29, 1.82) is 0 Å². The first-order valence-electron chi connectivity index (χ1n) is 3.34. The second-order valence-electron chi connectivity index (χ2n) is 1.90. The fraction of sp³-hybridized carbons (Fsp3) is 0.375. The molecule has 0 saturated carbocycles. The molecule has 0 aliphatic carbocycles. The number of hydrogen-bond donors (Lipinski definition) is 1. The lowest BCUT2D eigenvalue weighted by molar-refractivity contribution is -0.142. The van der Waals surface area contributed by atoms with Gasteiger partial charge in [-0.1, -0.05) is 24.8 Å². The van der Waals surface area contributed by atoms with Gasteiger partial charge in [0.15, 0.2) is 0 Å². The van der Waals surface area contributed by atoms with Crippen LogP contribution in [-0.2, 0) is 9.53 Å². The Morgan fingerprint density at radius 2 is 2.36 bits per heavy atom. The van der Waals surface area contributed by atoms with Crippen molar-refractivity contribution in [2.45, 2.75) is 6.42 Å². The first-order valence-corrected chi connectivity index (χ1v) is 3.34. The van der Waals surface area contributed by atoms with Gasteiger partial charge in [0.2, 0.25) is 0 Å². The number of allylic oxidation sites excluding steroid dienone is 2. The van der Waals surface area contributed by atoms with Gasteiger partial charge in [0, 0.05) is 0 Å². The summed E-state index contributed by atoms with van der Waals surface area (Å²) in [5, 5.41) is 8.16. The van der Waals surface area contributed by atoms with Gasteiger partial charge in [-0.05, 0) is 6.42 Å². The van der Waals surface area contributed by atoms with E-state index in [1.165, 1.54) is 0 Å². The van der Waals surface area contributed by atoms with Crippen molar-refractivity contribution in [3.8, 4) is 0 Å². The molecule has 1 N–H and O–H groups in total. The first-order chi connectivity index (χ1) is 5.27. The minimum atomic E-state index is -0.933. The summed E-state index contributed by atoms with van der Waals surface area (Å²) in [5.74, 6) is -0.933. The Balaban J connectivity index is 3.08. The lowest BCUT2D eigenvalue weighted by Gasteiger charge is -1.95. The molecule has 0 aliphatic rings. The average Bonchev–Trinajstić information content (AvgIpc) is 1.96. The molecule has 0 rings (SSSR count). The SMILES string of the molecule is C=CC=CCCOCC(=O)O. The fourth-order valence-electron chi connectivity index (χ4n) is 0.503. The highest BCUT2D eigenvalue weighted by Gasteiger charge is 1.93. The summed E-state index contributed by atoms with van der Waals surface area (Å²) in [6.07, 6.45) is 6.05. The molecular formula is C8H12O3. The van der Waals surface area contributed by atoms with E-state index >= 15 is 0 Å². The Morgan fingerprint density at radius 3 is 2.91 bits per heavy atom. The van der Waals surface area contributed by atoms with Crippen LogP contribution in [0.1, 0.15) is 6.42 Å². The summed E-state index contributed by atoms with van der Waals surface area (Å²) in [4.78, 5) is 9.93. The zero-order valence-corrected chi connectivity index (χ0v) is 6.32. The van der Waals surface area contributed by atoms with Crippen LogP contribution in [0.15, 0.2) is 24.8 Å². The predicted octanol–water partition coefficient (Wildman–Crippen LogP) is 1.22. The van der Waals surface area contributed by atoms with Crippen molar-refractivity contribution in [3.63, 3.8) is 0 Å². The zero-order valence-electron chi connectivity index (χ0n) is 6.32. The van der Waals surface area contributed by atoms with Crippen molar-refractivity contribution in [1.82, 2.24) is 0 Å². The lowest BCUT2D eigenvalue weighted by atomic mass is 10.4. The molecule has 0 heterocycles. The van der Waals surface area contributed by atoms with Crippen molar-refractivity contribution >= 4 is 5.97 Å². The van der Waals surface area contributed by atoms with Crippen LogP contribution in [0.5, 0.6) is 0 Å². The van der Waals surface area contributed by atoms with Crippen LogP contribution in [0.3, 0.4) is 0 Å². The number of carboxylic acid groups (broad SMARTS) is 1. The Bertz CT molecular complexity index is 149. The summed E-state index contributed by atoms with van der Waals surface area (Å²) in [5.41, 5.74) is 0. The van der Waals surface area contributed by atoms with E-state index in [1.807, 2.05) is 6.08 Å². The van der Waals surface area contributed by atoms with Gasteiger partial charge in [-0.3, -0.25) is 0 Å². The monoisotopic (exact) mass is 156 g/mol. The summed E-state index contributed by atoms with van der Waals surface area (Å²) >= 11 is 0. The van der Waals surface area contributed by atoms with Crippen LogP contribution in [0.2, 0.25) is 0 Å². The number of carboxylic acids is 1. The molecule has 0 unspecified atom stereocenters. The molecule has 3 nitrogen and oxygen atoms in total. The molecule has 62 valence electrons. The van der Waals surface area contributed by atoms with Crippen LogP contribution < -0.4 is 0 Å². The second kappa shape index (κ2) is 7.02. The molecule has 0 aromatic rings. The minimum absolute atomic E-state index is 0.220. The molecule has 0 aromatic heterocycles. The standard InChI is InChI=1S/C8H12O3/c1-2-3-4-5-6-11-7-8(9)10/h2-4H,1,5-7H2,(H,9,10). The molecule has 3 heteroatoms. The number of ether oxygens (including phenoxy) is 1. The Morgan fingerprint density at radius 1 is 1.64 bits per heavy atom. The molecule has 0 spiro atoms. The molecule has 11 heavy (non-hydrogen) atoms. The van der Waals surface area contributed by atoms with E-state index in [9.17, 15) is 4.79 Å². The normalized spacial score (nSPS) is 10.2. The third-order valence-corrected chi connectivity index (χ3v) is 0.927. The van der Waals surface area contributed by atoms with Gasteiger partial charge in [-0.2, -0.15) is 0 Å². The maximum absolute atomic E-state index is 9.93. The maximum atomic E-state index is 9.93. The molecule has 0 radical (unpaired) electrons. The van der Waals surface area contributed by atoms with Crippen LogP contribution in [0, 0.1) is 0 Å². The van der Waals surface area contributed by atoms with Crippen molar-refractivity contribution < 1.29 is 14.6 Å². The second-order valence-corrected chi connectivity index (χ2v) is 1.90. The molecule has 0 aliphatic heterocycles. The van der Waals surface area contributed by atoms with Crippen molar-refractivity contribution in [2.75, 3.05) is 13.2 Å². The van der Waals surface area contributed by atoms with Gasteiger partial charge in [0.25, 0.3) is 0 Å². The average molecular weight is 156 g/mol. The van der Waals surface area contributed by atoms with E-state index in [2.05, 4.69) is 6.58 Å². The van der Waals surface area contributed by atoms with E-state index in [1.54, 1.807) is 12.2 Å². The Labute approximate surface area is 66.0 Å². The largest absolute Gasteiger partial charge is 0.480 e. The number of carbonyl (C=O) groups is 1. The fourth-order valence-corrected chi connectivity index (χ4v) is 0.503. The summed E-state index contributed by atoms with van der Waals surface area (Å²) < 4.78 is 4.76. The van der Waals surface area contributed by atoms with E-state index in [0.29, 0.717) is 6.61 Å². The highest BCUT2D eigenvalue weighted by molar-refractivity contribution is 5.67. The van der Waals surface area contributed by atoms with Crippen LogP contribution >= 0.6 is 0 Å². The molecule has 0 amide bonds. The summed E-state index contributed by atoms with van der Waals surface area (Å²) in [6.45, 7) is 3.71. The number of hydrogen-bond acceptors (Lipinski definition) is 2. The van der Waals surface area contributed by atoms with E-state index < -0.39 is 5.97 Å². The van der Waals surface area contributed by atoms with Crippen molar-refractivity contribution in [3.05, 3.63) is 24.8 Å². The van der Waals surface area contributed by atoms with Gasteiger partial charge in [0.1, 0.15) is 6.61 Å². The smallest absolute Gasteiger partial charge is 0.329 e. The van der Waals surface area contributed by atoms with Crippen LogP contribution in [0.25, 0.3) is 0 Å². The van der Waals surface area contributed by atoms with Gasteiger partial charge in [-0.25, -0.2) is 4.79 Å². The first kappa shape index (κ1) is 9.91. The van der Waals surface area contributed by atoms with Gasteiger partial charge in [0.05, 0.1) is 6.61 Å². The Kier molecular flexibility index (Phi) is 6.33. The van der Waals surface area contributed by atoms with E-state index in [4.69, 9.17) is 9.84 Å². The zero-order chi connectivity index (χ0) is 8.53. The summed E-state index contributed by atoms with van der Waals surface area (Å²) in [6, 6.07) is 0. The molecule has 0 fully saturated rings. The van der Waals surface area contributed by atoms with E-state index in [0.717, 1.165) is 6.42 Å². The van der Waals surface area contributed by atoms with Gasteiger partial charge in [-0.15, -0.1) is 0 Å². The van der Waals surface area contributed by atoms with Crippen LogP contribution in [-0.4, -0.2) is 24.3 Å². The molecule has 0 saturated heterocycles. The Hall–Kier alpha value is -1.09. The summed E-state index contributed by atoms with van der Waals surface area (Å²) in [7, 11) is 0. The van der Waals surface area contributed by atoms with Crippen molar-refractivity contribution in [2.24, 2.45) is 0 Å². The van der Waals surface area contributed by atoms with Gasteiger partial charge >= 0.3 is 5.97 Å². The number of rotatable bonds is 6. The van der Waals surface area contributed by atoms with E-state index in [-0.39, 0.29) is 6.61 Å². The topological polar surface area (TPSA) is 46.5 Å². The highest BCUT2D eigenvalue weighted by atomic mass is 16.5. The third-order valence-electron chi connectivity index (χ3n) is 0.927. The van der Waals surface area contributed by atoms with Crippen LogP contribution in [0.4, 0.5) is 0 Å². The third kappa shape index (κ3) is 8.91. The lowest BCUT2D eigenvalue weighted by Crippen LogP contribution is -2.07. The molecule has 0 atom stereocenters. The minimum Gasteiger partial charge on any atom is -0.480 e. The molecule has 0 aromatic carbocycles. The molecular weight excluding hydrogens is 144 g/mol. The quantitative estimate of drug-likeness (QED) is 0.464. The van der Waals surface area contributed by atoms with Gasteiger partial charge < -0.3 is 9.84 Å². The number of aliphatic carboxylic acids is 1. The molecule has 0 bridgehead atoms. The maximum Gasteiger partial charge on any atom is 0.329 e. The predicted molar refractivity (Wildman–Crippen MR) is 42.4 cm³/mol. The highest BCUT2D eigenvalue weighted by Crippen LogP contribution is 1.85.